The largest absolute Gasteiger partial charge is 0.492 e. The fourth-order valence-corrected chi connectivity index (χ4v) is 3.24. The predicted molar refractivity (Wildman–Crippen MR) is 93.4 cm³/mol. The van der Waals surface area contributed by atoms with E-state index < -0.39 is 0 Å². The van der Waals surface area contributed by atoms with Crippen molar-refractivity contribution in [1.82, 2.24) is 4.98 Å². The zero-order valence-electron chi connectivity index (χ0n) is 14.1. The van der Waals surface area contributed by atoms with Crippen LogP contribution in [0.2, 0.25) is 0 Å². The molecule has 5 nitrogen and oxygen atoms in total. The molecule has 0 unspecified atom stereocenters. The molecule has 0 spiro atoms. The van der Waals surface area contributed by atoms with Gasteiger partial charge in [0.1, 0.15) is 21.7 Å². The van der Waals surface area contributed by atoms with Crippen LogP contribution >= 0.6 is 11.3 Å². The molecule has 126 valence electrons. The number of nitriles is 1. The van der Waals surface area contributed by atoms with Gasteiger partial charge in [-0.25, -0.2) is 9.78 Å². The highest BCUT2D eigenvalue weighted by molar-refractivity contribution is 7.17. The van der Waals surface area contributed by atoms with Crippen LogP contribution in [-0.4, -0.2) is 24.7 Å². The van der Waals surface area contributed by atoms with Gasteiger partial charge in [0, 0.05) is 5.56 Å². The van der Waals surface area contributed by atoms with E-state index in [2.05, 4.69) is 18.0 Å². The highest BCUT2D eigenvalue weighted by Gasteiger charge is 2.19. The van der Waals surface area contributed by atoms with Crippen molar-refractivity contribution >= 4 is 17.3 Å². The van der Waals surface area contributed by atoms with Crippen LogP contribution in [0.5, 0.6) is 5.75 Å². The molecule has 0 saturated heterocycles. The molecule has 1 aromatic heterocycles. The minimum atomic E-state index is -0.379. The summed E-state index contributed by atoms with van der Waals surface area (Å²) < 4.78 is 10.5. The van der Waals surface area contributed by atoms with Crippen molar-refractivity contribution in [3.8, 4) is 22.4 Å². The average Bonchev–Trinajstić information content (AvgIpc) is 3.05. The SMILES string of the molecule is CCCCOc1ccc(-c2nc(CC)c(C(=O)OC)s2)cc1C#N. The van der Waals surface area contributed by atoms with E-state index in [4.69, 9.17) is 9.47 Å². The van der Waals surface area contributed by atoms with E-state index in [0.717, 1.165) is 18.4 Å². The maximum Gasteiger partial charge on any atom is 0.349 e. The molecule has 0 amide bonds. The van der Waals surface area contributed by atoms with Gasteiger partial charge in [-0.3, -0.25) is 0 Å². The summed E-state index contributed by atoms with van der Waals surface area (Å²) >= 11 is 1.28. The van der Waals surface area contributed by atoms with E-state index in [9.17, 15) is 10.1 Å². The lowest BCUT2D eigenvalue weighted by atomic mass is 10.1. The third-order valence-corrected chi connectivity index (χ3v) is 4.63. The Balaban J connectivity index is 2.34. The number of carbonyl (C=O) groups is 1. The zero-order valence-corrected chi connectivity index (χ0v) is 14.9. The van der Waals surface area contributed by atoms with E-state index >= 15 is 0 Å². The molecule has 2 rings (SSSR count). The van der Waals surface area contributed by atoms with Gasteiger partial charge in [0.15, 0.2) is 0 Å². The highest BCUT2D eigenvalue weighted by Crippen LogP contribution is 2.32. The standard InChI is InChI=1S/C18H20N2O3S/c1-4-6-9-23-15-8-7-12(10-13(15)11-19)17-20-14(5-2)16(24-17)18(21)22-3/h7-8,10H,4-6,9H2,1-3H3. The highest BCUT2D eigenvalue weighted by atomic mass is 32.1. The number of unbranched alkanes of at least 4 members (excludes halogenated alkanes) is 1. The fraction of sp³-hybridized carbons (Fsp3) is 0.389. The Kier molecular flexibility index (Phi) is 6.33. The summed E-state index contributed by atoms with van der Waals surface area (Å²) in [6.07, 6.45) is 2.63. The Bertz CT molecular complexity index is 762. The first-order valence-electron chi connectivity index (χ1n) is 7.89. The number of thiazole rings is 1. The maximum absolute atomic E-state index is 11.8. The van der Waals surface area contributed by atoms with Crippen molar-refractivity contribution in [3.05, 3.63) is 34.3 Å². The van der Waals surface area contributed by atoms with Gasteiger partial charge in [-0.1, -0.05) is 20.3 Å². The minimum Gasteiger partial charge on any atom is -0.492 e. The van der Waals surface area contributed by atoms with Gasteiger partial charge in [-0.05, 0) is 31.0 Å². The van der Waals surface area contributed by atoms with Gasteiger partial charge < -0.3 is 9.47 Å². The number of hydrogen-bond donors (Lipinski definition) is 0. The molecule has 0 bridgehead atoms. The zero-order chi connectivity index (χ0) is 17.5. The second kappa shape index (κ2) is 8.46. The fourth-order valence-electron chi connectivity index (χ4n) is 2.17. The molecule has 0 aliphatic carbocycles. The summed E-state index contributed by atoms with van der Waals surface area (Å²) in [7, 11) is 1.36. The van der Waals surface area contributed by atoms with Crippen LogP contribution < -0.4 is 4.74 Å². The average molecular weight is 344 g/mol. The summed E-state index contributed by atoms with van der Waals surface area (Å²) in [5.41, 5.74) is 1.98. The van der Waals surface area contributed by atoms with E-state index in [-0.39, 0.29) is 5.97 Å². The smallest absolute Gasteiger partial charge is 0.349 e. The van der Waals surface area contributed by atoms with Crippen LogP contribution in [0, 0.1) is 11.3 Å². The second-order valence-electron chi connectivity index (χ2n) is 5.16. The van der Waals surface area contributed by atoms with E-state index in [0.29, 0.717) is 39.9 Å². The van der Waals surface area contributed by atoms with Crippen LogP contribution in [0.3, 0.4) is 0 Å². The third kappa shape index (κ3) is 3.92. The number of rotatable bonds is 7. The van der Waals surface area contributed by atoms with Crippen LogP contribution in [0.4, 0.5) is 0 Å². The topological polar surface area (TPSA) is 72.2 Å². The van der Waals surface area contributed by atoms with Crippen molar-refractivity contribution < 1.29 is 14.3 Å². The molecule has 2 aromatic rings. The van der Waals surface area contributed by atoms with Crippen molar-refractivity contribution in [2.24, 2.45) is 0 Å². The third-order valence-electron chi connectivity index (χ3n) is 3.51. The van der Waals surface area contributed by atoms with Crippen LogP contribution in [0.1, 0.15) is 47.6 Å². The molecular formula is C18H20N2O3S. The molecule has 0 N–H and O–H groups in total. The number of hydrogen-bond acceptors (Lipinski definition) is 6. The number of esters is 1. The Morgan fingerprint density at radius 2 is 2.17 bits per heavy atom. The van der Waals surface area contributed by atoms with Crippen LogP contribution in [0.15, 0.2) is 18.2 Å². The number of methoxy groups -OCH3 is 1. The molecule has 0 aliphatic heterocycles. The Hall–Kier alpha value is -2.39. The molecular weight excluding hydrogens is 324 g/mol. The van der Waals surface area contributed by atoms with Crippen molar-refractivity contribution in [2.45, 2.75) is 33.1 Å². The lowest BCUT2D eigenvalue weighted by Gasteiger charge is -2.08. The van der Waals surface area contributed by atoms with Crippen molar-refractivity contribution in [1.29, 1.82) is 5.26 Å². The van der Waals surface area contributed by atoms with Gasteiger partial charge in [-0.2, -0.15) is 5.26 Å². The number of aromatic nitrogens is 1. The summed E-state index contributed by atoms with van der Waals surface area (Å²) in [4.78, 5) is 16.9. The van der Waals surface area contributed by atoms with Crippen LogP contribution in [0.25, 0.3) is 10.6 Å². The molecule has 0 saturated carbocycles. The number of nitrogens with zero attached hydrogens (tertiary/aromatic N) is 2. The molecule has 1 heterocycles. The van der Waals surface area contributed by atoms with Crippen molar-refractivity contribution in [2.75, 3.05) is 13.7 Å². The summed E-state index contributed by atoms with van der Waals surface area (Å²) in [6, 6.07) is 7.56. The predicted octanol–water partition coefficient (Wildman–Crippen LogP) is 4.21. The van der Waals surface area contributed by atoms with E-state index in [1.54, 1.807) is 12.1 Å². The first-order valence-corrected chi connectivity index (χ1v) is 8.71. The number of ether oxygens (including phenoxy) is 2. The van der Waals surface area contributed by atoms with Crippen molar-refractivity contribution in [3.63, 3.8) is 0 Å². The Morgan fingerprint density at radius 3 is 2.79 bits per heavy atom. The molecule has 1 aromatic carbocycles. The van der Waals surface area contributed by atoms with Gasteiger partial charge in [0.05, 0.1) is 25.0 Å². The summed E-state index contributed by atoms with van der Waals surface area (Å²) in [6.45, 7) is 4.62. The lowest BCUT2D eigenvalue weighted by molar-refractivity contribution is 0.0605. The van der Waals surface area contributed by atoms with Gasteiger partial charge in [0.25, 0.3) is 0 Å². The van der Waals surface area contributed by atoms with Gasteiger partial charge in [-0.15, -0.1) is 11.3 Å². The number of aryl methyl sites for hydroxylation is 1. The minimum absolute atomic E-state index is 0.379. The maximum atomic E-state index is 11.8. The van der Waals surface area contributed by atoms with E-state index in [1.165, 1.54) is 18.4 Å². The molecule has 0 aliphatic rings. The Morgan fingerprint density at radius 1 is 1.38 bits per heavy atom. The lowest BCUT2D eigenvalue weighted by Crippen LogP contribution is -2.01. The van der Waals surface area contributed by atoms with Gasteiger partial charge >= 0.3 is 5.97 Å². The molecule has 0 radical (unpaired) electrons. The first kappa shape index (κ1) is 18.0. The molecule has 24 heavy (non-hydrogen) atoms. The molecule has 0 atom stereocenters. The van der Waals surface area contributed by atoms with Crippen LogP contribution in [-0.2, 0) is 11.2 Å². The van der Waals surface area contributed by atoms with E-state index in [1.807, 2.05) is 13.0 Å². The molecule has 6 heteroatoms. The summed E-state index contributed by atoms with van der Waals surface area (Å²) in [5, 5.41) is 10.1. The monoisotopic (exact) mass is 344 g/mol. The number of benzene rings is 1. The first-order chi connectivity index (χ1) is 11.6. The van der Waals surface area contributed by atoms with Gasteiger partial charge in [0.2, 0.25) is 0 Å². The quantitative estimate of drug-likeness (QED) is 0.556. The molecule has 0 fully saturated rings. The normalized spacial score (nSPS) is 10.2. The number of carbonyl (C=O) groups excluding carboxylic acids is 1. The second-order valence-corrected chi connectivity index (χ2v) is 6.16. The summed E-state index contributed by atoms with van der Waals surface area (Å²) in [5.74, 6) is 0.200. The Labute approximate surface area is 145 Å².